The van der Waals surface area contributed by atoms with Crippen LogP contribution in [0.25, 0.3) is 0 Å². The van der Waals surface area contributed by atoms with Crippen molar-refractivity contribution in [3.8, 4) is 0 Å². The van der Waals surface area contributed by atoms with Gasteiger partial charge in [0.15, 0.2) is 0 Å². The van der Waals surface area contributed by atoms with Gasteiger partial charge in [-0.1, -0.05) is 51.9 Å². The fraction of sp³-hybridized carbons (Fsp3) is 0.688. The predicted octanol–water partition coefficient (Wildman–Crippen LogP) is 4.08. The Morgan fingerprint density at radius 1 is 1.15 bits per heavy atom. The highest BCUT2D eigenvalue weighted by Crippen LogP contribution is 2.14. The summed E-state index contributed by atoms with van der Waals surface area (Å²) in [6, 6.07) is 1.88. The molecule has 0 aliphatic heterocycles. The highest BCUT2D eigenvalue weighted by Gasteiger charge is 2.03. The van der Waals surface area contributed by atoms with Gasteiger partial charge in [0.2, 0.25) is 5.91 Å². The Labute approximate surface area is 127 Å². The summed E-state index contributed by atoms with van der Waals surface area (Å²) in [5.74, 6) is -0.337. The second-order valence-electron chi connectivity index (χ2n) is 5.32. The fourth-order valence-electron chi connectivity index (χ4n) is 2.20. The molecule has 20 heavy (non-hydrogen) atoms. The van der Waals surface area contributed by atoms with Gasteiger partial charge >= 0.3 is 0 Å². The number of nitrogens with two attached hydrogens (primary N) is 1. The van der Waals surface area contributed by atoms with Crippen molar-refractivity contribution in [3.05, 3.63) is 21.9 Å². The third-order valence-electron chi connectivity index (χ3n) is 3.44. The van der Waals surface area contributed by atoms with Gasteiger partial charge in [-0.3, -0.25) is 4.79 Å². The standard InChI is InChI=1S/C16H28N2OS/c1-2-3-4-5-6-7-8-9-10-18-12-15-11-14(13-20-15)16(17)19/h11,13,18H,2-10,12H2,1H3,(H2,17,19). The normalized spacial score (nSPS) is 10.8. The molecule has 3 N–H and O–H groups in total. The molecule has 0 saturated carbocycles. The molecule has 1 amide bonds. The largest absolute Gasteiger partial charge is 0.366 e. The Bertz CT molecular complexity index is 376. The van der Waals surface area contributed by atoms with E-state index < -0.39 is 0 Å². The minimum absolute atomic E-state index is 0.337. The van der Waals surface area contributed by atoms with Crippen molar-refractivity contribution in [1.29, 1.82) is 0 Å². The predicted molar refractivity (Wildman–Crippen MR) is 87.2 cm³/mol. The lowest BCUT2D eigenvalue weighted by Gasteiger charge is -2.03. The molecular formula is C16H28N2OS. The summed E-state index contributed by atoms with van der Waals surface area (Å²) in [6.07, 6.45) is 10.8. The molecule has 0 aliphatic rings. The molecule has 0 aromatic carbocycles. The van der Waals surface area contributed by atoms with Crippen LogP contribution in [0.3, 0.4) is 0 Å². The van der Waals surface area contributed by atoms with Crippen molar-refractivity contribution in [2.45, 2.75) is 64.8 Å². The van der Waals surface area contributed by atoms with Crippen molar-refractivity contribution < 1.29 is 4.79 Å². The van der Waals surface area contributed by atoms with Crippen molar-refractivity contribution >= 4 is 17.2 Å². The molecule has 1 rings (SSSR count). The van der Waals surface area contributed by atoms with Crippen LogP contribution in [-0.4, -0.2) is 12.5 Å². The van der Waals surface area contributed by atoms with Gasteiger partial charge in [0, 0.05) is 16.8 Å². The SMILES string of the molecule is CCCCCCCCCCNCc1cc(C(N)=O)cs1. The Morgan fingerprint density at radius 2 is 1.80 bits per heavy atom. The van der Waals surface area contributed by atoms with Crippen LogP contribution in [0.5, 0.6) is 0 Å². The maximum absolute atomic E-state index is 11.0. The zero-order valence-electron chi connectivity index (χ0n) is 12.6. The monoisotopic (exact) mass is 296 g/mol. The number of nitrogens with one attached hydrogen (secondary N) is 1. The average molecular weight is 296 g/mol. The van der Waals surface area contributed by atoms with Crippen molar-refractivity contribution in [3.63, 3.8) is 0 Å². The van der Waals surface area contributed by atoms with E-state index in [9.17, 15) is 4.79 Å². The van der Waals surface area contributed by atoms with Crippen molar-refractivity contribution in [2.75, 3.05) is 6.54 Å². The molecule has 0 fully saturated rings. The summed E-state index contributed by atoms with van der Waals surface area (Å²) in [5, 5.41) is 5.25. The van der Waals surface area contributed by atoms with E-state index in [4.69, 9.17) is 5.73 Å². The van der Waals surface area contributed by atoms with Gasteiger partial charge < -0.3 is 11.1 Å². The van der Waals surface area contributed by atoms with E-state index in [1.165, 1.54) is 56.2 Å². The second-order valence-corrected chi connectivity index (χ2v) is 6.31. The molecule has 0 unspecified atom stereocenters. The van der Waals surface area contributed by atoms with Gasteiger partial charge in [0.1, 0.15) is 0 Å². The van der Waals surface area contributed by atoms with Crippen molar-refractivity contribution in [2.24, 2.45) is 5.73 Å². The molecule has 114 valence electrons. The van der Waals surface area contributed by atoms with Gasteiger partial charge in [-0.2, -0.15) is 0 Å². The summed E-state index contributed by atoms with van der Waals surface area (Å²) in [5.41, 5.74) is 5.85. The van der Waals surface area contributed by atoms with E-state index >= 15 is 0 Å². The third kappa shape index (κ3) is 7.65. The van der Waals surface area contributed by atoms with Crippen LogP contribution in [0.1, 0.15) is 73.5 Å². The number of carbonyl (C=O) groups is 1. The van der Waals surface area contributed by atoms with Crippen LogP contribution < -0.4 is 11.1 Å². The van der Waals surface area contributed by atoms with Gasteiger partial charge in [0.25, 0.3) is 0 Å². The molecule has 0 saturated heterocycles. The quantitative estimate of drug-likeness (QED) is 0.571. The molecule has 3 nitrogen and oxygen atoms in total. The number of amides is 1. The second kappa shape index (κ2) is 10.9. The Kier molecular flexibility index (Phi) is 9.33. The van der Waals surface area contributed by atoms with Gasteiger partial charge in [-0.05, 0) is 19.0 Å². The Hall–Kier alpha value is -0.870. The number of primary amides is 1. The first-order valence-corrected chi connectivity index (χ1v) is 8.70. The molecule has 4 heteroatoms. The molecule has 1 aromatic heterocycles. The lowest BCUT2D eigenvalue weighted by atomic mass is 10.1. The molecule has 0 atom stereocenters. The molecule has 0 bridgehead atoms. The molecule has 0 radical (unpaired) electrons. The number of rotatable bonds is 12. The first-order valence-electron chi connectivity index (χ1n) is 7.82. The number of thiophene rings is 1. The lowest BCUT2D eigenvalue weighted by Crippen LogP contribution is -2.14. The summed E-state index contributed by atoms with van der Waals surface area (Å²) in [4.78, 5) is 12.1. The zero-order valence-corrected chi connectivity index (χ0v) is 13.4. The van der Waals surface area contributed by atoms with Gasteiger partial charge in [-0.15, -0.1) is 11.3 Å². The number of unbranched alkanes of at least 4 members (excludes halogenated alkanes) is 7. The van der Waals surface area contributed by atoms with Crippen LogP contribution >= 0.6 is 11.3 Å². The summed E-state index contributed by atoms with van der Waals surface area (Å²) in [6.45, 7) is 4.15. The van der Waals surface area contributed by atoms with E-state index in [1.54, 1.807) is 11.3 Å². The van der Waals surface area contributed by atoms with Crippen LogP contribution in [0.4, 0.5) is 0 Å². The first kappa shape index (κ1) is 17.2. The topological polar surface area (TPSA) is 55.1 Å². The van der Waals surface area contributed by atoms with E-state index in [1.807, 2.05) is 11.4 Å². The van der Waals surface area contributed by atoms with E-state index in [2.05, 4.69) is 12.2 Å². The minimum atomic E-state index is -0.337. The highest BCUT2D eigenvalue weighted by atomic mass is 32.1. The Balaban J connectivity index is 1.93. The zero-order chi connectivity index (χ0) is 14.6. The first-order chi connectivity index (χ1) is 9.74. The summed E-state index contributed by atoms with van der Waals surface area (Å²) in [7, 11) is 0. The third-order valence-corrected chi connectivity index (χ3v) is 4.38. The number of hydrogen-bond acceptors (Lipinski definition) is 3. The molecule has 1 aromatic rings. The molecule has 1 heterocycles. The Morgan fingerprint density at radius 3 is 2.40 bits per heavy atom. The smallest absolute Gasteiger partial charge is 0.249 e. The van der Waals surface area contributed by atoms with Crippen LogP contribution in [0.2, 0.25) is 0 Å². The van der Waals surface area contributed by atoms with Crippen molar-refractivity contribution in [1.82, 2.24) is 5.32 Å². The molecule has 0 aliphatic carbocycles. The number of hydrogen-bond donors (Lipinski definition) is 2. The minimum Gasteiger partial charge on any atom is -0.366 e. The van der Waals surface area contributed by atoms with Crippen LogP contribution in [0.15, 0.2) is 11.4 Å². The molecule has 0 spiro atoms. The fourth-order valence-corrected chi connectivity index (χ4v) is 3.04. The van der Waals surface area contributed by atoms with Gasteiger partial charge in [0.05, 0.1) is 5.56 Å². The maximum atomic E-state index is 11.0. The lowest BCUT2D eigenvalue weighted by molar-refractivity contribution is 0.100. The molecular weight excluding hydrogens is 268 g/mol. The van der Waals surface area contributed by atoms with E-state index in [0.717, 1.165) is 13.1 Å². The van der Waals surface area contributed by atoms with Crippen LogP contribution in [0, 0.1) is 0 Å². The maximum Gasteiger partial charge on any atom is 0.249 e. The number of carbonyl (C=O) groups excluding carboxylic acids is 1. The summed E-state index contributed by atoms with van der Waals surface area (Å²) < 4.78 is 0. The van der Waals surface area contributed by atoms with Crippen LogP contribution in [-0.2, 0) is 6.54 Å². The summed E-state index contributed by atoms with van der Waals surface area (Å²) >= 11 is 1.59. The average Bonchev–Trinajstić information content (AvgIpc) is 2.90. The van der Waals surface area contributed by atoms with E-state index in [-0.39, 0.29) is 5.91 Å². The highest BCUT2D eigenvalue weighted by molar-refractivity contribution is 7.10. The van der Waals surface area contributed by atoms with E-state index in [0.29, 0.717) is 5.56 Å². The van der Waals surface area contributed by atoms with Gasteiger partial charge in [-0.25, -0.2) is 0 Å².